The number of halogens is 6. The first-order valence-electron chi connectivity index (χ1n) is 11.4. The molecule has 2 aliphatic rings. The normalized spacial score (nSPS) is 17.8. The monoisotopic (exact) mass is 501 g/mol. The molecule has 2 aromatic rings. The molecule has 5 nitrogen and oxygen atoms in total. The second-order valence-corrected chi connectivity index (χ2v) is 9.21. The van der Waals surface area contributed by atoms with Gasteiger partial charge in [0.2, 0.25) is 5.91 Å². The van der Waals surface area contributed by atoms with E-state index >= 15 is 0 Å². The van der Waals surface area contributed by atoms with E-state index in [0.717, 1.165) is 29.7 Å². The third kappa shape index (κ3) is 5.08. The van der Waals surface area contributed by atoms with E-state index in [0.29, 0.717) is 11.4 Å². The highest BCUT2D eigenvalue weighted by molar-refractivity contribution is 5.77. The lowest BCUT2D eigenvalue weighted by atomic mass is 9.77. The van der Waals surface area contributed by atoms with E-state index in [-0.39, 0.29) is 42.7 Å². The maximum atomic E-state index is 13.5. The molecule has 2 heterocycles. The number of aromatic nitrogens is 2. The topological polar surface area (TPSA) is 55.2 Å². The average molecular weight is 501 g/mol. The van der Waals surface area contributed by atoms with Crippen LogP contribution in [-0.2, 0) is 17.8 Å². The van der Waals surface area contributed by atoms with Crippen molar-refractivity contribution in [2.75, 3.05) is 6.54 Å². The zero-order valence-electron chi connectivity index (χ0n) is 19.0. The molecule has 0 spiro atoms. The summed E-state index contributed by atoms with van der Waals surface area (Å²) in [5, 5.41) is 0. The number of carbonyl (C=O) groups is 1. The van der Waals surface area contributed by atoms with Crippen LogP contribution in [0.1, 0.15) is 54.4 Å². The molecule has 1 aliphatic carbocycles. The molecule has 1 amide bonds. The zero-order chi connectivity index (χ0) is 25.5. The molecule has 1 aromatic carbocycles. The molecule has 0 bridgehead atoms. The van der Waals surface area contributed by atoms with Crippen molar-refractivity contribution in [3.8, 4) is 0 Å². The van der Waals surface area contributed by atoms with Crippen molar-refractivity contribution in [2.45, 2.75) is 64.0 Å². The van der Waals surface area contributed by atoms with Crippen LogP contribution in [0.2, 0.25) is 0 Å². The maximum Gasteiger partial charge on any atom is 0.400 e. The Labute approximate surface area is 197 Å². The smallest absolute Gasteiger partial charge is 0.336 e. The SMILES string of the molecule is Cc1nc2c(c(=O)n1C(c1ccccc1)C1CCC1)CCN(C(=O)CC(C(F)(F)F)C(F)(F)F)C2. The van der Waals surface area contributed by atoms with Gasteiger partial charge in [-0.05, 0) is 37.7 Å². The largest absolute Gasteiger partial charge is 0.400 e. The Kier molecular flexibility index (Phi) is 6.72. The summed E-state index contributed by atoms with van der Waals surface area (Å²) in [7, 11) is 0. The molecule has 1 aromatic heterocycles. The Morgan fingerprint density at radius 2 is 1.71 bits per heavy atom. The molecule has 0 radical (unpaired) electrons. The van der Waals surface area contributed by atoms with Crippen molar-refractivity contribution in [3.63, 3.8) is 0 Å². The molecule has 190 valence electrons. The van der Waals surface area contributed by atoms with Crippen molar-refractivity contribution >= 4 is 5.91 Å². The molecule has 11 heteroatoms. The minimum absolute atomic E-state index is 0.0159. The van der Waals surface area contributed by atoms with Gasteiger partial charge in [-0.25, -0.2) is 4.98 Å². The number of rotatable bonds is 5. The van der Waals surface area contributed by atoms with Crippen molar-refractivity contribution in [1.29, 1.82) is 0 Å². The molecule has 1 saturated carbocycles. The van der Waals surface area contributed by atoms with Crippen LogP contribution in [0.3, 0.4) is 0 Å². The summed E-state index contributed by atoms with van der Waals surface area (Å²) in [5.41, 5.74) is 1.27. The quantitative estimate of drug-likeness (QED) is 0.545. The van der Waals surface area contributed by atoms with Crippen LogP contribution in [0, 0.1) is 18.8 Å². The minimum Gasteiger partial charge on any atom is -0.336 e. The highest BCUT2D eigenvalue weighted by Gasteiger charge is 2.57. The molecule has 35 heavy (non-hydrogen) atoms. The van der Waals surface area contributed by atoms with Gasteiger partial charge in [0.05, 0.1) is 18.3 Å². The van der Waals surface area contributed by atoms with Crippen LogP contribution < -0.4 is 5.56 Å². The highest BCUT2D eigenvalue weighted by atomic mass is 19.4. The van der Waals surface area contributed by atoms with Crippen LogP contribution in [0.5, 0.6) is 0 Å². The van der Waals surface area contributed by atoms with Gasteiger partial charge in [-0.2, -0.15) is 26.3 Å². The zero-order valence-corrected chi connectivity index (χ0v) is 19.0. The molecule has 1 atom stereocenters. The van der Waals surface area contributed by atoms with E-state index in [9.17, 15) is 35.9 Å². The molecule has 1 aliphatic heterocycles. The lowest BCUT2D eigenvalue weighted by Gasteiger charge is -2.37. The second kappa shape index (κ2) is 9.31. The van der Waals surface area contributed by atoms with Gasteiger partial charge in [-0.15, -0.1) is 0 Å². The van der Waals surface area contributed by atoms with Gasteiger partial charge < -0.3 is 4.90 Å². The first-order chi connectivity index (χ1) is 16.4. The number of carbonyl (C=O) groups excluding carboxylic acids is 1. The molecule has 0 N–H and O–H groups in total. The molecular weight excluding hydrogens is 476 g/mol. The first-order valence-corrected chi connectivity index (χ1v) is 11.4. The Bertz CT molecular complexity index is 1120. The third-order valence-electron chi connectivity index (χ3n) is 6.98. The van der Waals surface area contributed by atoms with Crippen LogP contribution in [0.15, 0.2) is 35.1 Å². The highest BCUT2D eigenvalue weighted by Crippen LogP contribution is 2.42. The summed E-state index contributed by atoms with van der Waals surface area (Å²) in [4.78, 5) is 31.3. The van der Waals surface area contributed by atoms with E-state index in [1.807, 2.05) is 30.3 Å². The Morgan fingerprint density at radius 3 is 2.26 bits per heavy atom. The minimum atomic E-state index is -5.59. The Morgan fingerprint density at radius 1 is 1.09 bits per heavy atom. The lowest BCUT2D eigenvalue weighted by molar-refractivity contribution is -0.284. The third-order valence-corrected chi connectivity index (χ3v) is 6.98. The van der Waals surface area contributed by atoms with E-state index in [1.165, 1.54) is 0 Å². The van der Waals surface area contributed by atoms with Crippen LogP contribution >= 0.6 is 0 Å². The van der Waals surface area contributed by atoms with Crippen molar-refractivity contribution in [3.05, 3.63) is 63.3 Å². The van der Waals surface area contributed by atoms with Gasteiger partial charge in [0.15, 0.2) is 5.92 Å². The van der Waals surface area contributed by atoms with Crippen molar-refractivity contribution in [1.82, 2.24) is 14.5 Å². The summed E-state index contributed by atoms with van der Waals surface area (Å²) in [6.07, 6.45) is -9.89. The molecule has 1 fully saturated rings. The van der Waals surface area contributed by atoms with Crippen LogP contribution in [0.4, 0.5) is 26.3 Å². The number of aryl methyl sites for hydroxylation is 1. The number of nitrogens with zero attached hydrogens (tertiary/aromatic N) is 3. The maximum absolute atomic E-state index is 13.5. The fourth-order valence-corrected chi connectivity index (χ4v) is 4.92. The van der Waals surface area contributed by atoms with E-state index in [2.05, 4.69) is 4.98 Å². The lowest BCUT2D eigenvalue weighted by Crippen LogP contribution is -2.45. The fraction of sp³-hybridized carbons (Fsp3) is 0.542. The first kappa shape index (κ1) is 25.2. The second-order valence-electron chi connectivity index (χ2n) is 9.21. The average Bonchev–Trinajstić information content (AvgIpc) is 2.74. The summed E-state index contributed by atoms with van der Waals surface area (Å²) in [5.74, 6) is -4.35. The van der Waals surface area contributed by atoms with Gasteiger partial charge in [0.25, 0.3) is 5.56 Å². The van der Waals surface area contributed by atoms with Gasteiger partial charge in [0, 0.05) is 18.5 Å². The Hall–Kier alpha value is -2.85. The number of amides is 1. The summed E-state index contributed by atoms with van der Waals surface area (Å²) < 4.78 is 79.1. The summed E-state index contributed by atoms with van der Waals surface area (Å²) >= 11 is 0. The fourth-order valence-electron chi connectivity index (χ4n) is 4.92. The standard InChI is InChI=1S/C24H25F6N3O2/c1-14-31-18-13-32(20(34)12-19(23(25,26)27)24(28,29)30)11-10-17(18)22(35)33(14)21(16-8-5-9-16)15-6-3-2-4-7-15/h2-4,6-7,16,19,21H,5,8-13H2,1H3. The van der Waals surface area contributed by atoms with Crippen LogP contribution in [-0.4, -0.2) is 39.3 Å². The van der Waals surface area contributed by atoms with Crippen molar-refractivity contribution < 1.29 is 31.1 Å². The predicted octanol–water partition coefficient (Wildman–Crippen LogP) is 4.96. The molecule has 0 saturated heterocycles. The van der Waals surface area contributed by atoms with Crippen LogP contribution in [0.25, 0.3) is 0 Å². The number of hydrogen-bond acceptors (Lipinski definition) is 3. The van der Waals surface area contributed by atoms with Gasteiger partial charge in [0.1, 0.15) is 5.82 Å². The number of hydrogen-bond donors (Lipinski definition) is 0. The number of fused-ring (bicyclic) bond motifs is 1. The van der Waals surface area contributed by atoms with Gasteiger partial charge >= 0.3 is 12.4 Å². The predicted molar refractivity (Wildman–Crippen MR) is 114 cm³/mol. The Balaban J connectivity index is 1.62. The number of benzene rings is 1. The van der Waals surface area contributed by atoms with Crippen molar-refractivity contribution in [2.24, 2.45) is 11.8 Å². The van der Waals surface area contributed by atoms with E-state index in [1.54, 1.807) is 11.5 Å². The molecule has 1 unspecified atom stereocenters. The van der Waals surface area contributed by atoms with E-state index in [4.69, 9.17) is 0 Å². The van der Waals surface area contributed by atoms with E-state index < -0.39 is 30.6 Å². The molecule has 4 rings (SSSR count). The summed E-state index contributed by atoms with van der Waals surface area (Å²) in [6.45, 7) is 1.21. The summed E-state index contributed by atoms with van der Waals surface area (Å²) in [6, 6.07) is 9.36. The van der Waals surface area contributed by atoms with Gasteiger partial charge in [-0.3, -0.25) is 14.2 Å². The van der Waals surface area contributed by atoms with Gasteiger partial charge in [-0.1, -0.05) is 36.8 Å². The number of alkyl halides is 6. The molecular formula is C24H25F6N3O2.